The summed E-state index contributed by atoms with van der Waals surface area (Å²) in [6, 6.07) is 82.7. The molecule has 0 aliphatic carbocycles. The second-order valence-corrected chi connectivity index (χ2v) is 14.4. The standard InChI is InChI=1S/C55H39N3O/c1-6-16-40(17-7-1)42-26-32-48(33-27-42)57(49-34-28-43(29-35-49)41-18-8-2-9-19-41)50-36-30-44(31-37-50)51-38-39-52(53-54(51)59-55(56-53)45-20-10-3-11-21-45)58(46-22-12-4-13-23-46)47-24-14-5-15-25-47/h1-39H. The molecule has 10 rings (SSSR count). The van der Waals surface area contributed by atoms with Gasteiger partial charge in [0.1, 0.15) is 5.52 Å². The van der Waals surface area contributed by atoms with E-state index in [0.29, 0.717) is 5.89 Å². The van der Waals surface area contributed by atoms with E-state index in [2.05, 4.69) is 204 Å². The van der Waals surface area contributed by atoms with Gasteiger partial charge in [0.15, 0.2) is 5.58 Å². The highest BCUT2D eigenvalue weighted by molar-refractivity contribution is 6.02. The number of para-hydroxylation sites is 2. The molecule has 0 bridgehead atoms. The Balaban J connectivity index is 1.08. The highest BCUT2D eigenvalue weighted by Crippen LogP contribution is 2.44. The van der Waals surface area contributed by atoms with Crippen molar-refractivity contribution in [2.45, 2.75) is 0 Å². The fourth-order valence-corrected chi connectivity index (χ4v) is 7.79. The van der Waals surface area contributed by atoms with E-state index in [4.69, 9.17) is 9.40 Å². The molecule has 4 heteroatoms. The van der Waals surface area contributed by atoms with Crippen molar-refractivity contribution >= 4 is 45.2 Å². The SMILES string of the molecule is c1ccc(-c2ccc(N(c3ccc(-c4ccccc4)cc3)c3ccc(-c4ccc(N(c5ccccc5)c5ccccc5)c5nc(-c6ccccc6)oc45)cc3)cc2)cc1. The molecule has 0 aliphatic heterocycles. The number of fused-ring (bicyclic) bond motifs is 1. The van der Waals surface area contributed by atoms with Crippen molar-refractivity contribution < 1.29 is 4.42 Å². The van der Waals surface area contributed by atoms with Gasteiger partial charge < -0.3 is 14.2 Å². The summed E-state index contributed by atoms with van der Waals surface area (Å²) in [5.41, 5.74) is 15.4. The van der Waals surface area contributed by atoms with Gasteiger partial charge in [-0.05, 0) is 113 Å². The molecule has 0 saturated carbocycles. The van der Waals surface area contributed by atoms with Crippen LogP contribution >= 0.6 is 0 Å². The van der Waals surface area contributed by atoms with Gasteiger partial charge >= 0.3 is 0 Å². The van der Waals surface area contributed by atoms with Crippen LogP contribution in [0, 0.1) is 0 Å². The summed E-state index contributed by atoms with van der Waals surface area (Å²) in [5.74, 6) is 0.580. The zero-order valence-electron chi connectivity index (χ0n) is 32.3. The molecule has 0 amide bonds. The van der Waals surface area contributed by atoms with E-state index in [1.54, 1.807) is 0 Å². The monoisotopic (exact) mass is 757 g/mol. The molecule has 0 atom stereocenters. The first-order chi connectivity index (χ1) is 29.3. The van der Waals surface area contributed by atoms with E-state index < -0.39 is 0 Å². The minimum Gasteiger partial charge on any atom is -0.435 e. The van der Waals surface area contributed by atoms with Gasteiger partial charge in [0.25, 0.3) is 0 Å². The van der Waals surface area contributed by atoms with Crippen molar-refractivity contribution in [3.8, 4) is 44.8 Å². The number of anilines is 6. The van der Waals surface area contributed by atoms with Crippen LogP contribution in [0.2, 0.25) is 0 Å². The molecule has 1 heterocycles. The average molecular weight is 758 g/mol. The van der Waals surface area contributed by atoms with E-state index in [9.17, 15) is 0 Å². The Kier molecular flexibility index (Phi) is 9.55. The van der Waals surface area contributed by atoms with E-state index >= 15 is 0 Å². The minimum absolute atomic E-state index is 0.580. The summed E-state index contributed by atoms with van der Waals surface area (Å²) < 4.78 is 6.77. The predicted octanol–water partition coefficient (Wildman–Crippen LogP) is 15.4. The number of benzene rings is 9. The van der Waals surface area contributed by atoms with Crippen LogP contribution in [-0.4, -0.2) is 4.98 Å². The molecule has 0 spiro atoms. The zero-order valence-corrected chi connectivity index (χ0v) is 32.3. The maximum absolute atomic E-state index is 6.77. The van der Waals surface area contributed by atoms with Crippen LogP contribution in [0.15, 0.2) is 241 Å². The number of nitrogens with zero attached hydrogens (tertiary/aromatic N) is 3. The maximum atomic E-state index is 6.77. The number of rotatable bonds is 10. The third-order valence-electron chi connectivity index (χ3n) is 10.7. The first kappa shape index (κ1) is 35.5. The molecular formula is C55H39N3O. The van der Waals surface area contributed by atoms with Crippen molar-refractivity contribution in [2.24, 2.45) is 0 Å². The predicted molar refractivity (Wildman–Crippen MR) is 245 cm³/mol. The molecule has 0 radical (unpaired) electrons. The molecule has 0 unspecified atom stereocenters. The van der Waals surface area contributed by atoms with E-state index in [0.717, 1.165) is 61.9 Å². The van der Waals surface area contributed by atoms with Gasteiger partial charge in [0.05, 0.1) is 5.69 Å². The Hall–Kier alpha value is -7.95. The van der Waals surface area contributed by atoms with Crippen molar-refractivity contribution in [3.05, 3.63) is 237 Å². The van der Waals surface area contributed by atoms with Gasteiger partial charge in [0.2, 0.25) is 5.89 Å². The van der Waals surface area contributed by atoms with Gasteiger partial charge in [0, 0.05) is 39.6 Å². The van der Waals surface area contributed by atoms with Gasteiger partial charge in [-0.2, -0.15) is 0 Å². The van der Waals surface area contributed by atoms with Crippen LogP contribution in [0.5, 0.6) is 0 Å². The van der Waals surface area contributed by atoms with Crippen molar-refractivity contribution in [1.82, 2.24) is 4.98 Å². The lowest BCUT2D eigenvalue weighted by molar-refractivity contribution is 0.621. The number of oxazole rings is 1. The van der Waals surface area contributed by atoms with Crippen molar-refractivity contribution in [3.63, 3.8) is 0 Å². The Morgan fingerprint density at radius 3 is 1.08 bits per heavy atom. The fourth-order valence-electron chi connectivity index (χ4n) is 7.79. The molecule has 1 aromatic heterocycles. The molecule has 10 aromatic rings. The molecule has 0 aliphatic rings. The number of hydrogen-bond donors (Lipinski definition) is 0. The molecule has 0 fully saturated rings. The topological polar surface area (TPSA) is 32.5 Å². The lowest BCUT2D eigenvalue weighted by Crippen LogP contribution is -2.10. The zero-order chi connectivity index (χ0) is 39.4. The lowest BCUT2D eigenvalue weighted by atomic mass is 10.0. The lowest BCUT2D eigenvalue weighted by Gasteiger charge is -2.26. The summed E-state index contributed by atoms with van der Waals surface area (Å²) in [5, 5.41) is 0. The number of aromatic nitrogens is 1. The van der Waals surface area contributed by atoms with Gasteiger partial charge in [-0.15, -0.1) is 0 Å². The van der Waals surface area contributed by atoms with Crippen molar-refractivity contribution in [2.75, 3.05) is 9.80 Å². The van der Waals surface area contributed by atoms with Crippen LogP contribution in [0.3, 0.4) is 0 Å². The van der Waals surface area contributed by atoms with Gasteiger partial charge in [-0.3, -0.25) is 0 Å². The van der Waals surface area contributed by atoms with Crippen LogP contribution in [0.1, 0.15) is 0 Å². The molecule has 9 aromatic carbocycles. The third kappa shape index (κ3) is 7.16. The molecule has 0 saturated heterocycles. The third-order valence-corrected chi connectivity index (χ3v) is 10.7. The second-order valence-electron chi connectivity index (χ2n) is 14.4. The summed E-state index contributed by atoms with van der Waals surface area (Å²) in [6.45, 7) is 0. The Bertz CT molecular complexity index is 2810. The first-order valence-corrected chi connectivity index (χ1v) is 19.9. The Morgan fingerprint density at radius 1 is 0.288 bits per heavy atom. The summed E-state index contributed by atoms with van der Waals surface area (Å²) in [4.78, 5) is 9.77. The number of hydrogen-bond acceptors (Lipinski definition) is 4. The van der Waals surface area contributed by atoms with Gasteiger partial charge in [-0.1, -0.05) is 152 Å². The van der Waals surface area contributed by atoms with Crippen LogP contribution < -0.4 is 9.80 Å². The quantitative estimate of drug-likeness (QED) is 0.139. The molecule has 59 heavy (non-hydrogen) atoms. The van der Waals surface area contributed by atoms with Gasteiger partial charge in [-0.25, -0.2) is 4.98 Å². The molecule has 0 N–H and O–H groups in total. The summed E-state index contributed by atoms with van der Waals surface area (Å²) in [6.07, 6.45) is 0. The smallest absolute Gasteiger partial charge is 0.227 e. The normalized spacial score (nSPS) is 11.1. The van der Waals surface area contributed by atoms with Crippen LogP contribution in [0.4, 0.5) is 34.1 Å². The van der Waals surface area contributed by atoms with E-state index in [-0.39, 0.29) is 0 Å². The van der Waals surface area contributed by atoms with Crippen molar-refractivity contribution in [1.29, 1.82) is 0 Å². The Morgan fingerprint density at radius 2 is 0.644 bits per heavy atom. The maximum Gasteiger partial charge on any atom is 0.227 e. The molecular weight excluding hydrogens is 719 g/mol. The van der Waals surface area contributed by atoms with E-state index in [1.165, 1.54) is 22.3 Å². The summed E-state index contributed by atoms with van der Waals surface area (Å²) in [7, 11) is 0. The highest BCUT2D eigenvalue weighted by Gasteiger charge is 2.23. The second kappa shape index (κ2) is 15.9. The minimum atomic E-state index is 0.580. The molecule has 4 nitrogen and oxygen atoms in total. The largest absolute Gasteiger partial charge is 0.435 e. The average Bonchev–Trinajstić information content (AvgIpc) is 3.78. The first-order valence-electron chi connectivity index (χ1n) is 19.9. The summed E-state index contributed by atoms with van der Waals surface area (Å²) >= 11 is 0. The van der Waals surface area contributed by atoms with E-state index in [1.807, 2.05) is 42.5 Å². The molecule has 280 valence electrons. The fraction of sp³-hybridized carbons (Fsp3) is 0. The highest BCUT2D eigenvalue weighted by atomic mass is 16.3. The van der Waals surface area contributed by atoms with Crippen LogP contribution in [0.25, 0.3) is 55.9 Å². The Labute approximate surface area is 344 Å². The van der Waals surface area contributed by atoms with Crippen LogP contribution in [-0.2, 0) is 0 Å².